The average molecular weight is 282 g/mol. The number of carbonyl (C=O) groups excluding carboxylic acids is 5. The first kappa shape index (κ1) is 13.9. The standard InChI is InChI=1S/C11H10N2O7/c1-5(12-7(15)2-3-8(12)16)11(19)20-13-9(17)4-6(14)10(13)18/h2-3,5-6,14H,4H2,1H3. The van der Waals surface area contributed by atoms with Gasteiger partial charge in [-0.2, -0.15) is 0 Å². The van der Waals surface area contributed by atoms with Gasteiger partial charge in [0.15, 0.2) is 0 Å². The van der Waals surface area contributed by atoms with E-state index in [0.29, 0.717) is 4.90 Å². The minimum Gasteiger partial charge on any atom is -0.383 e. The summed E-state index contributed by atoms with van der Waals surface area (Å²) in [6.07, 6.45) is -0.0597. The van der Waals surface area contributed by atoms with E-state index in [9.17, 15) is 24.0 Å². The van der Waals surface area contributed by atoms with Crippen LogP contribution >= 0.6 is 0 Å². The second-order valence-corrected chi connectivity index (χ2v) is 4.21. The van der Waals surface area contributed by atoms with Gasteiger partial charge in [0.2, 0.25) is 0 Å². The number of hydroxylamine groups is 2. The van der Waals surface area contributed by atoms with E-state index in [4.69, 9.17) is 5.11 Å². The summed E-state index contributed by atoms with van der Waals surface area (Å²) >= 11 is 0. The lowest BCUT2D eigenvalue weighted by molar-refractivity contribution is -0.202. The van der Waals surface area contributed by atoms with Gasteiger partial charge in [-0.25, -0.2) is 4.79 Å². The van der Waals surface area contributed by atoms with Crippen molar-refractivity contribution in [2.75, 3.05) is 0 Å². The van der Waals surface area contributed by atoms with Gasteiger partial charge in [-0.3, -0.25) is 24.1 Å². The van der Waals surface area contributed by atoms with Crippen LogP contribution in [0.3, 0.4) is 0 Å². The number of amides is 4. The molecule has 1 saturated heterocycles. The van der Waals surface area contributed by atoms with E-state index in [2.05, 4.69) is 4.84 Å². The highest BCUT2D eigenvalue weighted by molar-refractivity contribution is 6.15. The molecule has 2 heterocycles. The van der Waals surface area contributed by atoms with E-state index in [-0.39, 0.29) is 5.06 Å². The monoisotopic (exact) mass is 282 g/mol. The molecule has 4 amide bonds. The lowest BCUT2D eigenvalue weighted by atomic mass is 10.3. The summed E-state index contributed by atoms with van der Waals surface area (Å²) in [4.78, 5) is 62.3. The summed E-state index contributed by atoms with van der Waals surface area (Å²) in [7, 11) is 0. The van der Waals surface area contributed by atoms with E-state index in [1.54, 1.807) is 0 Å². The third-order valence-electron chi connectivity index (χ3n) is 2.83. The number of aliphatic hydroxyl groups is 1. The average Bonchev–Trinajstić information content (AvgIpc) is 2.83. The second kappa shape index (κ2) is 4.85. The van der Waals surface area contributed by atoms with Crippen molar-refractivity contribution in [3.63, 3.8) is 0 Å². The Hall–Kier alpha value is -2.55. The molecule has 9 nitrogen and oxygen atoms in total. The number of nitrogens with zero attached hydrogens (tertiary/aromatic N) is 2. The minimum atomic E-state index is -1.55. The minimum absolute atomic E-state index is 0.141. The quantitative estimate of drug-likeness (QED) is 0.587. The maximum atomic E-state index is 11.8. The fourth-order valence-electron chi connectivity index (χ4n) is 1.75. The molecule has 2 unspecified atom stereocenters. The van der Waals surface area contributed by atoms with Gasteiger partial charge >= 0.3 is 5.97 Å². The molecule has 2 rings (SSSR count). The van der Waals surface area contributed by atoms with Crippen molar-refractivity contribution in [1.29, 1.82) is 0 Å². The van der Waals surface area contributed by atoms with Crippen molar-refractivity contribution in [2.24, 2.45) is 0 Å². The van der Waals surface area contributed by atoms with Gasteiger partial charge in [0.1, 0.15) is 12.1 Å². The largest absolute Gasteiger partial charge is 0.383 e. The van der Waals surface area contributed by atoms with E-state index in [1.807, 2.05) is 0 Å². The zero-order valence-corrected chi connectivity index (χ0v) is 10.3. The molecule has 0 saturated carbocycles. The molecule has 2 aliphatic rings. The van der Waals surface area contributed by atoms with Crippen molar-refractivity contribution in [1.82, 2.24) is 9.96 Å². The molecule has 0 aromatic carbocycles. The molecule has 2 aliphatic heterocycles. The van der Waals surface area contributed by atoms with Crippen LogP contribution in [0.2, 0.25) is 0 Å². The molecule has 0 spiro atoms. The predicted octanol–water partition coefficient (Wildman–Crippen LogP) is -2.12. The van der Waals surface area contributed by atoms with Crippen molar-refractivity contribution in [3.8, 4) is 0 Å². The molecule has 9 heteroatoms. The fraction of sp³-hybridized carbons (Fsp3) is 0.364. The van der Waals surface area contributed by atoms with Gasteiger partial charge in [-0.1, -0.05) is 5.06 Å². The summed E-state index contributed by atoms with van der Waals surface area (Å²) in [5.74, 6) is -4.46. The maximum absolute atomic E-state index is 11.8. The Balaban J connectivity index is 2.05. The topological polar surface area (TPSA) is 121 Å². The molecule has 106 valence electrons. The molecule has 1 fully saturated rings. The number of aliphatic hydroxyl groups excluding tert-OH is 1. The van der Waals surface area contributed by atoms with Crippen LogP contribution in [0.25, 0.3) is 0 Å². The third-order valence-corrected chi connectivity index (χ3v) is 2.83. The number of rotatable bonds is 3. The van der Waals surface area contributed by atoms with Crippen molar-refractivity contribution in [3.05, 3.63) is 12.2 Å². The second-order valence-electron chi connectivity index (χ2n) is 4.21. The van der Waals surface area contributed by atoms with E-state index in [0.717, 1.165) is 12.2 Å². The summed E-state index contributed by atoms with van der Waals surface area (Å²) in [5.41, 5.74) is 0. The Bertz CT molecular complexity index is 535. The van der Waals surface area contributed by atoms with E-state index >= 15 is 0 Å². The Morgan fingerprint density at radius 3 is 2.30 bits per heavy atom. The van der Waals surface area contributed by atoms with Crippen LogP contribution in [-0.4, -0.2) is 56.8 Å². The molecule has 2 atom stereocenters. The molecule has 0 aliphatic carbocycles. The van der Waals surface area contributed by atoms with Gasteiger partial charge in [0.25, 0.3) is 23.6 Å². The fourth-order valence-corrected chi connectivity index (χ4v) is 1.75. The van der Waals surface area contributed by atoms with Gasteiger partial charge < -0.3 is 9.94 Å². The van der Waals surface area contributed by atoms with Gasteiger partial charge in [-0.15, -0.1) is 0 Å². The van der Waals surface area contributed by atoms with Crippen LogP contribution in [0, 0.1) is 0 Å². The smallest absolute Gasteiger partial charge is 0.355 e. The highest BCUT2D eigenvalue weighted by Gasteiger charge is 2.42. The van der Waals surface area contributed by atoms with Crippen molar-refractivity contribution < 1.29 is 33.9 Å². The number of imide groups is 2. The summed E-state index contributed by atoms with van der Waals surface area (Å²) in [6, 6.07) is -1.30. The van der Waals surface area contributed by atoms with Gasteiger partial charge in [0, 0.05) is 12.2 Å². The lowest BCUT2D eigenvalue weighted by Crippen LogP contribution is -2.46. The van der Waals surface area contributed by atoms with E-state index < -0.39 is 48.2 Å². The maximum Gasteiger partial charge on any atom is 0.355 e. The zero-order chi connectivity index (χ0) is 15.0. The SMILES string of the molecule is CC(C(=O)ON1C(=O)CC(O)C1=O)N1C(=O)C=CC1=O. The van der Waals surface area contributed by atoms with Gasteiger partial charge in [0.05, 0.1) is 6.42 Å². The lowest BCUT2D eigenvalue weighted by Gasteiger charge is -2.22. The zero-order valence-electron chi connectivity index (χ0n) is 10.3. The normalized spacial score (nSPS) is 23.8. The van der Waals surface area contributed by atoms with Crippen LogP contribution < -0.4 is 0 Å². The Kier molecular flexibility index (Phi) is 3.36. The highest BCUT2D eigenvalue weighted by Crippen LogP contribution is 2.16. The van der Waals surface area contributed by atoms with Crippen molar-refractivity contribution in [2.45, 2.75) is 25.5 Å². The first-order chi connectivity index (χ1) is 9.32. The van der Waals surface area contributed by atoms with Crippen molar-refractivity contribution >= 4 is 29.6 Å². The molecular formula is C11H10N2O7. The summed E-state index contributed by atoms with van der Waals surface area (Å²) in [5, 5.41) is 9.29. The molecule has 1 N–H and O–H groups in total. The predicted molar refractivity (Wildman–Crippen MR) is 59.0 cm³/mol. The summed E-state index contributed by atoms with van der Waals surface area (Å²) in [6.45, 7) is 1.21. The van der Waals surface area contributed by atoms with Gasteiger partial charge in [-0.05, 0) is 6.92 Å². The molecule has 0 bridgehead atoms. The van der Waals surface area contributed by atoms with E-state index in [1.165, 1.54) is 6.92 Å². The van der Waals surface area contributed by atoms with Crippen LogP contribution in [0.4, 0.5) is 0 Å². The first-order valence-electron chi connectivity index (χ1n) is 5.65. The van der Waals surface area contributed by atoms with Crippen LogP contribution in [-0.2, 0) is 28.8 Å². The molecular weight excluding hydrogens is 272 g/mol. The molecule has 0 aromatic rings. The highest BCUT2D eigenvalue weighted by atomic mass is 16.7. The third kappa shape index (κ3) is 2.18. The Morgan fingerprint density at radius 2 is 1.85 bits per heavy atom. The van der Waals surface area contributed by atoms with Crippen LogP contribution in [0.5, 0.6) is 0 Å². The molecule has 0 radical (unpaired) electrons. The first-order valence-corrected chi connectivity index (χ1v) is 5.65. The summed E-state index contributed by atoms with van der Waals surface area (Å²) < 4.78 is 0. The number of hydrogen-bond acceptors (Lipinski definition) is 7. The molecule has 0 aromatic heterocycles. The number of hydrogen-bond donors (Lipinski definition) is 1. The Labute approximate surface area is 112 Å². The Morgan fingerprint density at radius 1 is 1.30 bits per heavy atom. The molecule has 20 heavy (non-hydrogen) atoms. The van der Waals surface area contributed by atoms with Crippen LogP contribution in [0.15, 0.2) is 12.2 Å². The van der Waals surface area contributed by atoms with Crippen LogP contribution in [0.1, 0.15) is 13.3 Å². The number of carbonyl (C=O) groups is 5.